The highest BCUT2D eigenvalue weighted by Gasteiger charge is 2.25. The number of carbonyl (C=O) groups is 1. The number of hydrogen-bond acceptors (Lipinski definition) is 5. The number of nitrogens with zero attached hydrogens (tertiary/aromatic N) is 6. The molecule has 0 aliphatic carbocycles. The number of rotatable bonds is 5. The highest BCUT2D eigenvalue weighted by molar-refractivity contribution is 5.78. The van der Waals surface area contributed by atoms with Crippen molar-refractivity contribution in [3.63, 3.8) is 0 Å². The summed E-state index contributed by atoms with van der Waals surface area (Å²) < 4.78 is 3.58. The first-order valence-electron chi connectivity index (χ1n) is 6.81. The molecule has 106 valence electrons. The molecule has 0 radical (unpaired) electrons. The van der Waals surface area contributed by atoms with Gasteiger partial charge >= 0.3 is 0 Å². The molecule has 0 saturated heterocycles. The Hall–Kier alpha value is -2.25. The van der Waals surface area contributed by atoms with Crippen LogP contribution in [0.25, 0.3) is 0 Å². The SMILES string of the molecule is O=C(NCCCn1ccnn1)C1CCc2ncnn2C1. The molecule has 3 rings (SSSR count). The summed E-state index contributed by atoms with van der Waals surface area (Å²) in [7, 11) is 0. The molecule has 2 aromatic rings. The van der Waals surface area contributed by atoms with Crippen molar-refractivity contribution >= 4 is 5.91 Å². The first-order valence-corrected chi connectivity index (χ1v) is 6.81. The second kappa shape index (κ2) is 5.81. The van der Waals surface area contributed by atoms with E-state index in [4.69, 9.17) is 0 Å². The predicted octanol–water partition coefficient (Wildman–Crippen LogP) is -0.362. The van der Waals surface area contributed by atoms with E-state index in [0.717, 1.165) is 31.6 Å². The monoisotopic (exact) mass is 275 g/mol. The first-order chi connectivity index (χ1) is 9.83. The van der Waals surface area contributed by atoms with Crippen LogP contribution in [0.1, 0.15) is 18.7 Å². The van der Waals surface area contributed by atoms with Crippen molar-refractivity contribution in [3.8, 4) is 0 Å². The lowest BCUT2D eigenvalue weighted by atomic mass is 9.99. The molecule has 0 saturated carbocycles. The molecule has 0 aromatic carbocycles. The van der Waals surface area contributed by atoms with Crippen LogP contribution in [-0.4, -0.2) is 42.2 Å². The Morgan fingerprint density at radius 2 is 2.45 bits per heavy atom. The van der Waals surface area contributed by atoms with Crippen LogP contribution in [0.3, 0.4) is 0 Å². The van der Waals surface area contributed by atoms with E-state index in [9.17, 15) is 4.79 Å². The Balaban J connectivity index is 1.41. The van der Waals surface area contributed by atoms with E-state index in [0.29, 0.717) is 13.1 Å². The fourth-order valence-corrected chi connectivity index (χ4v) is 2.40. The van der Waals surface area contributed by atoms with Crippen LogP contribution >= 0.6 is 0 Å². The molecule has 1 aliphatic rings. The van der Waals surface area contributed by atoms with Crippen LogP contribution < -0.4 is 5.32 Å². The summed E-state index contributed by atoms with van der Waals surface area (Å²) in [6.07, 6.45) is 7.51. The third-order valence-electron chi connectivity index (χ3n) is 3.51. The molecule has 1 atom stereocenters. The average molecular weight is 275 g/mol. The van der Waals surface area contributed by atoms with Gasteiger partial charge in [-0.15, -0.1) is 5.10 Å². The summed E-state index contributed by atoms with van der Waals surface area (Å²) in [5, 5.41) is 14.7. The molecule has 1 aliphatic heterocycles. The number of aromatic nitrogens is 6. The third-order valence-corrected chi connectivity index (χ3v) is 3.51. The minimum absolute atomic E-state index is 0.00410. The molecule has 20 heavy (non-hydrogen) atoms. The molecule has 1 unspecified atom stereocenters. The summed E-state index contributed by atoms with van der Waals surface area (Å²) in [5.41, 5.74) is 0. The summed E-state index contributed by atoms with van der Waals surface area (Å²) in [5.74, 6) is 1.07. The molecule has 3 heterocycles. The van der Waals surface area contributed by atoms with Crippen molar-refractivity contribution in [2.45, 2.75) is 32.4 Å². The average Bonchev–Trinajstić information content (AvgIpc) is 3.13. The lowest BCUT2D eigenvalue weighted by Crippen LogP contribution is -2.37. The van der Waals surface area contributed by atoms with E-state index in [-0.39, 0.29) is 11.8 Å². The maximum atomic E-state index is 12.1. The van der Waals surface area contributed by atoms with Crippen LogP contribution in [0, 0.1) is 5.92 Å². The Bertz CT molecular complexity index is 562. The highest BCUT2D eigenvalue weighted by Crippen LogP contribution is 2.17. The van der Waals surface area contributed by atoms with Crippen molar-refractivity contribution in [3.05, 3.63) is 24.5 Å². The van der Waals surface area contributed by atoms with Crippen molar-refractivity contribution in [1.82, 2.24) is 35.1 Å². The van der Waals surface area contributed by atoms with Crippen molar-refractivity contribution in [2.24, 2.45) is 5.92 Å². The number of nitrogens with one attached hydrogen (secondary N) is 1. The fraction of sp³-hybridized carbons (Fsp3) is 0.583. The van der Waals surface area contributed by atoms with Crippen molar-refractivity contribution in [1.29, 1.82) is 0 Å². The van der Waals surface area contributed by atoms with Gasteiger partial charge in [0, 0.05) is 25.7 Å². The summed E-state index contributed by atoms with van der Waals surface area (Å²) in [4.78, 5) is 16.2. The number of fused-ring (bicyclic) bond motifs is 1. The maximum absolute atomic E-state index is 12.1. The second-order valence-corrected chi connectivity index (χ2v) is 4.90. The molecule has 1 amide bonds. The minimum Gasteiger partial charge on any atom is -0.356 e. The van der Waals surface area contributed by atoms with Gasteiger partial charge in [-0.1, -0.05) is 5.21 Å². The van der Waals surface area contributed by atoms with Gasteiger partial charge in [-0.05, 0) is 12.8 Å². The molecule has 8 heteroatoms. The summed E-state index contributed by atoms with van der Waals surface area (Å²) in [6, 6.07) is 0. The van der Waals surface area contributed by atoms with Gasteiger partial charge in [0.25, 0.3) is 0 Å². The van der Waals surface area contributed by atoms with Crippen LogP contribution in [0.5, 0.6) is 0 Å². The molecular weight excluding hydrogens is 258 g/mol. The van der Waals surface area contributed by atoms with Gasteiger partial charge in [-0.25, -0.2) is 9.67 Å². The number of hydrogen-bond donors (Lipinski definition) is 1. The van der Waals surface area contributed by atoms with Gasteiger partial charge in [0.15, 0.2) is 0 Å². The molecule has 8 nitrogen and oxygen atoms in total. The molecule has 0 bridgehead atoms. The highest BCUT2D eigenvalue weighted by atomic mass is 16.1. The molecule has 1 N–H and O–H groups in total. The van der Waals surface area contributed by atoms with E-state index in [1.807, 2.05) is 10.9 Å². The zero-order valence-corrected chi connectivity index (χ0v) is 11.1. The molecule has 0 fully saturated rings. The molecule has 0 spiro atoms. The standard InChI is InChI=1S/C12H17N7O/c20-12(13-4-1-6-18-7-5-15-17-18)10-2-3-11-14-9-16-19(11)8-10/h5,7,9-10H,1-4,6,8H2,(H,13,20). The minimum atomic E-state index is -0.00410. The van der Waals surface area contributed by atoms with E-state index in [2.05, 4.69) is 25.7 Å². The summed E-state index contributed by atoms with van der Waals surface area (Å²) >= 11 is 0. The van der Waals surface area contributed by atoms with Crippen molar-refractivity contribution in [2.75, 3.05) is 6.54 Å². The van der Waals surface area contributed by atoms with Gasteiger partial charge < -0.3 is 5.32 Å². The Morgan fingerprint density at radius 1 is 1.50 bits per heavy atom. The quantitative estimate of drug-likeness (QED) is 0.752. The normalized spacial score (nSPS) is 17.7. The smallest absolute Gasteiger partial charge is 0.224 e. The number of aryl methyl sites for hydroxylation is 2. The Morgan fingerprint density at radius 3 is 3.30 bits per heavy atom. The number of amides is 1. The van der Waals surface area contributed by atoms with E-state index in [1.165, 1.54) is 0 Å². The Kier molecular flexibility index (Phi) is 3.71. The van der Waals surface area contributed by atoms with Crippen LogP contribution in [0.4, 0.5) is 0 Å². The number of carbonyl (C=O) groups excluding carboxylic acids is 1. The molecular formula is C12H17N7O. The lowest BCUT2D eigenvalue weighted by Gasteiger charge is -2.21. The van der Waals surface area contributed by atoms with Crippen LogP contribution in [-0.2, 0) is 24.3 Å². The van der Waals surface area contributed by atoms with Gasteiger partial charge in [0.2, 0.25) is 5.91 Å². The van der Waals surface area contributed by atoms with Gasteiger partial charge in [0.05, 0.1) is 18.7 Å². The van der Waals surface area contributed by atoms with E-state index >= 15 is 0 Å². The van der Waals surface area contributed by atoms with Crippen molar-refractivity contribution < 1.29 is 4.79 Å². The zero-order valence-electron chi connectivity index (χ0n) is 11.1. The van der Waals surface area contributed by atoms with Gasteiger partial charge in [-0.2, -0.15) is 5.10 Å². The van der Waals surface area contributed by atoms with Gasteiger partial charge in [0.1, 0.15) is 12.2 Å². The van der Waals surface area contributed by atoms with E-state index in [1.54, 1.807) is 17.2 Å². The topological polar surface area (TPSA) is 90.5 Å². The third kappa shape index (κ3) is 2.84. The van der Waals surface area contributed by atoms with Crippen LogP contribution in [0.2, 0.25) is 0 Å². The Labute approximate surface area is 116 Å². The first kappa shape index (κ1) is 12.8. The zero-order chi connectivity index (χ0) is 13.8. The van der Waals surface area contributed by atoms with Crippen LogP contribution in [0.15, 0.2) is 18.7 Å². The maximum Gasteiger partial charge on any atom is 0.224 e. The fourth-order valence-electron chi connectivity index (χ4n) is 2.40. The lowest BCUT2D eigenvalue weighted by molar-refractivity contribution is -0.126. The largest absolute Gasteiger partial charge is 0.356 e. The van der Waals surface area contributed by atoms with Gasteiger partial charge in [-0.3, -0.25) is 9.48 Å². The molecule has 2 aromatic heterocycles. The van der Waals surface area contributed by atoms with E-state index < -0.39 is 0 Å². The second-order valence-electron chi connectivity index (χ2n) is 4.90. The predicted molar refractivity (Wildman–Crippen MR) is 69.5 cm³/mol. The summed E-state index contributed by atoms with van der Waals surface area (Å²) in [6.45, 7) is 2.04.